The largest absolute Gasteiger partial charge is 0.337 e. The van der Waals surface area contributed by atoms with Crippen molar-refractivity contribution < 1.29 is 14.0 Å². The van der Waals surface area contributed by atoms with Crippen LogP contribution in [-0.4, -0.2) is 23.8 Å². The van der Waals surface area contributed by atoms with Gasteiger partial charge in [-0.2, -0.15) is 0 Å². The van der Waals surface area contributed by atoms with E-state index in [1.807, 2.05) is 31.2 Å². The molecule has 4 nitrogen and oxygen atoms in total. The number of carbonyl (C=O) groups excluding carboxylic acids is 2. The number of rotatable bonds is 1. The molecule has 2 heterocycles. The number of para-hydroxylation sites is 1. The second-order valence-corrected chi connectivity index (χ2v) is 6.88. The van der Waals surface area contributed by atoms with E-state index in [0.29, 0.717) is 18.4 Å². The van der Waals surface area contributed by atoms with Crippen molar-refractivity contribution in [3.05, 3.63) is 65.0 Å². The van der Waals surface area contributed by atoms with Crippen LogP contribution in [0.2, 0.25) is 0 Å². The fourth-order valence-corrected chi connectivity index (χ4v) is 4.33. The smallest absolute Gasteiger partial charge is 0.237 e. The Kier molecular flexibility index (Phi) is 3.42. The number of nitrogens with one attached hydrogen (secondary N) is 1. The van der Waals surface area contributed by atoms with Crippen LogP contribution < -0.4 is 5.32 Å². The molecule has 2 amide bonds. The van der Waals surface area contributed by atoms with E-state index in [0.717, 1.165) is 16.8 Å². The normalized spacial score (nSPS) is 25.2. The first-order chi connectivity index (χ1) is 11.9. The van der Waals surface area contributed by atoms with Crippen molar-refractivity contribution in [1.29, 1.82) is 0 Å². The number of amides is 2. The monoisotopic (exact) mass is 338 g/mol. The Morgan fingerprint density at radius 1 is 1.20 bits per heavy atom. The minimum absolute atomic E-state index is 0.0310. The zero-order valence-electron chi connectivity index (χ0n) is 14.2. The molecule has 2 aromatic rings. The van der Waals surface area contributed by atoms with Gasteiger partial charge >= 0.3 is 0 Å². The van der Waals surface area contributed by atoms with E-state index < -0.39 is 11.5 Å². The lowest BCUT2D eigenvalue weighted by Gasteiger charge is -2.46. The molecule has 0 aromatic heterocycles. The molecule has 2 aliphatic heterocycles. The van der Waals surface area contributed by atoms with Gasteiger partial charge in [-0.25, -0.2) is 4.39 Å². The van der Waals surface area contributed by atoms with Crippen LogP contribution in [-0.2, 0) is 15.0 Å². The number of likely N-dealkylation sites (tertiary alicyclic amines) is 1. The molecule has 5 heteroatoms. The van der Waals surface area contributed by atoms with Gasteiger partial charge in [0.05, 0.1) is 6.04 Å². The van der Waals surface area contributed by atoms with Gasteiger partial charge in [-0.05, 0) is 48.2 Å². The minimum Gasteiger partial charge on any atom is -0.337 e. The zero-order chi connectivity index (χ0) is 17.8. The van der Waals surface area contributed by atoms with Gasteiger partial charge in [0.1, 0.15) is 11.2 Å². The van der Waals surface area contributed by atoms with Crippen molar-refractivity contribution in [2.24, 2.45) is 0 Å². The molecule has 1 fully saturated rings. The van der Waals surface area contributed by atoms with Crippen molar-refractivity contribution in [2.45, 2.75) is 31.2 Å². The summed E-state index contributed by atoms with van der Waals surface area (Å²) in [5, 5.41) is 2.96. The molecule has 1 saturated heterocycles. The average Bonchev–Trinajstić information content (AvgIpc) is 2.87. The number of aryl methyl sites for hydroxylation is 1. The van der Waals surface area contributed by atoms with Gasteiger partial charge in [0.2, 0.25) is 11.8 Å². The second-order valence-electron chi connectivity index (χ2n) is 6.88. The van der Waals surface area contributed by atoms with Crippen LogP contribution in [0.1, 0.15) is 35.6 Å². The summed E-state index contributed by atoms with van der Waals surface area (Å²) in [7, 11) is 1.70. The number of fused-ring (bicyclic) bond motifs is 2. The van der Waals surface area contributed by atoms with Crippen LogP contribution in [0.4, 0.5) is 10.1 Å². The van der Waals surface area contributed by atoms with Gasteiger partial charge in [-0.1, -0.05) is 24.3 Å². The zero-order valence-corrected chi connectivity index (χ0v) is 14.2. The maximum absolute atomic E-state index is 14.0. The first-order valence-electron chi connectivity index (χ1n) is 8.38. The third-order valence-corrected chi connectivity index (χ3v) is 5.58. The van der Waals surface area contributed by atoms with Crippen molar-refractivity contribution in [3.63, 3.8) is 0 Å². The summed E-state index contributed by atoms with van der Waals surface area (Å²) in [6.07, 6.45) is 0.711. The van der Waals surface area contributed by atoms with E-state index in [2.05, 4.69) is 5.32 Å². The SMILES string of the molecule is Cc1ccc(F)cc1C1N(C)C(=O)CCC12C(=O)Nc1ccccc12. The number of piperidine rings is 1. The van der Waals surface area contributed by atoms with E-state index in [1.165, 1.54) is 12.1 Å². The average molecular weight is 338 g/mol. The summed E-state index contributed by atoms with van der Waals surface area (Å²) in [5.41, 5.74) is 2.31. The third kappa shape index (κ3) is 2.11. The summed E-state index contributed by atoms with van der Waals surface area (Å²) in [6.45, 7) is 1.88. The van der Waals surface area contributed by atoms with Crippen molar-refractivity contribution in [1.82, 2.24) is 4.90 Å². The maximum atomic E-state index is 14.0. The Morgan fingerprint density at radius 2 is 1.96 bits per heavy atom. The van der Waals surface area contributed by atoms with Crippen molar-refractivity contribution in [3.8, 4) is 0 Å². The van der Waals surface area contributed by atoms with E-state index >= 15 is 0 Å². The molecule has 2 unspecified atom stereocenters. The molecule has 0 radical (unpaired) electrons. The molecule has 0 saturated carbocycles. The maximum Gasteiger partial charge on any atom is 0.237 e. The minimum atomic E-state index is -0.891. The number of hydrogen-bond donors (Lipinski definition) is 1. The molecule has 0 aliphatic carbocycles. The van der Waals surface area contributed by atoms with Gasteiger partial charge in [0, 0.05) is 19.2 Å². The number of likely N-dealkylation sites (N-methyl/N-ethyl adjacent to an activating group) is 1. The van der Waals surface area contributed by atoms with Crippen molar-refractivity contribution in [2.75, 3.05) is 12.4 Å². The quantitative estimate of drug-likeness (QED) is 0.867. The van der Waals surface area contributed by atoms with E-state index in [9.17, 15) is 14.0 Å². The molecular formula is C20H19FN2O2. The molecule has 2 aromatic carbocycles. The number of carbonyl (C=O) groups is 2. The number of anilines is 1. The van der Waals surface area contributed by atoms with Crippen LogP contribution in [0.5, 0.6) is 0 Å². The van der Waals surface area contributed by atoms with Gasteiger partial charge < -0.3 is 10.2 Å². The Labute approximate surface area is 145 Å². The van der Waals surface area contributed by atoms with E-state index in [-0.39, 0.29) is 17.6 Å². The first kappa shape index (κ1) is 15.8. The number of benzene rings is 2. The van der Waals surface area contributed by atoms with Crippen molar-refractivity contribution >= 4 is 17.5 Å². The molecule has 128 valence electrons. The van der Waals surface area contributed by atoms with Gasteiger partial charge in [0.25, 0.3) is 0 Å². The standard InChI is InChI=1S/C20H19FN2O2/c1-12-7-8-13(21)11-14(12)18-20(10-9-17(24)23(18)2)15-5-3-4-6-16(15)22-19(20)25/h3-8,11,18H,9-10H2,1-2H3,(H,22,25). The molecule has 0 bridgehead atoms. The summed E-state index contributed by atoms with van der Waals surface area (Å²) in [5.74, 6) is -0.521. The van der Waals surface area contributed by atoms with Crippen LogP contribution in [0.3, 0.4) is 0 Å². The number of halogens is 1. The molecule has 2 aliphatic rings. The Morgan fingerprint density at radius 3 is 2.76 bits per heavy atom. The number of nitrogens with zero attached hydrogens (tertiary/aromatic N) is 1. The molecule has 4 rings (SSSR count). The highest BCUT2D eigenvalue weighted by molar-refractivity contribution is 6.08. The fraction of sp³-hybridized carbons (Fsp3) is 0.300. The second kappa shape index (κ2) is 5.41. The lowest BCUT2D eigenvalue weighted by Crippen LogP contribution is -2.53. The van der Waals surface area contributed by atoms with E-state index in [4.69, 9.17) is 0 Å². The topological polar surface area (TPSA) is 49.4 Å². The lowest BCUT2D eigenvalue weighted by molar-refractivity contribution is -0.141. The Balaban J connectivity index is 1.99. The van der Waals surface area contributed by atoms with Crippen LogP contribution in [0.15, 0.2) is 42.5 Å². The summed E-state index contributed by atoms with van der Waals surface area (Å²) >= 11 is 0. The summed E-state index contributed by atoms with van der Waals surface area (Å²) in [4.78, 5) is 27.1. The predicted octanol–water partition coefficient (Wildman–Crippen LogP) is 3.32. The molecule has 1 N–H and O–H groups in total. The highest BCUT2D eigenvalue weighted by Crippen LogP contribution is 2.53. The predicted molar refractivity (Wildman–Crippen MR) is 92.6 cm³/mol. The summed E-state index contributed by atoms with van der Waals surface area (Å²) in [6, 6.07) is 11.6. The first-order valence-corrected chi connectivity index (χ1v) is 8.38. The lowest BCUT2D eigenvalue weighted by atomic mass is 9.66. The highest BCUT2D eigenvalue weighted by Gasteiger charge is 2.57. The third-order valence-electron chi connectivity index (χ3n) is 5.58. The number of hydrogen-bond acceptors (Lipinski definition) is 2. The summed E-state index contributed by atoms with van der Waals surface area (Å²) < 4.78 is 14.0. The fourth-order valence-electron chi connectivity index (χ4n) is 4.33. The molecule has 1 spiro atoms. The highest BCUT2D eigenvalue weighted by atomic mass is 19.1. The van der Waals surface area contributed by atoms with E-state index in [1.54, 1.807) is 18.0 Å². The van der Waals surface area contributed by atoms with Crippen LogP contribution in [0, 0.1) is 12.7 Å². The van der Waals surface area contributed by atoms with Gasteiger partial charge in [-0.15, -0.1) is 0 Å². The Hall–Kier alpha value is -2.69. The Bertz CT molecular complexity index is 895. The molecular weight excluding hydrogens is 319 g/mol. The van der Waals surface area contributed by atoms with Gasteiger partial charge in [0.15, 0.2) is 0 Å². The van der Waals surface area contributed by atoms with Crippen LogP contribution in [0.25, 0.3) is 0 Å². The van der Waals surface area contributed by atoms with Gasteiger partial charge in [-0.3, -0.25) is 9.59 Å². The van der Waals surface area contributed by atoms with Crippen LogP contribution >= 0.6 is 0 Å². The molecule has 25 heavy (non-hydrogen) atoms. The molecule has 2 atom stereocenters.